The van der Waals surface area contributed by atoms with Gasteiger partial charge in [-0.2, -0.15) is 11.8 Å². The van der Waals surface area contributed by atoms with Crippen LogP contribution in [0.2, 0.25) is 0 Å². The van der Waals surface area contributed by atoms with Crippen molar-refractivity contribution in [2.45, 2.75) is 6.42 Å². The molecule has 0 bridgehead atoms. The lowest BCUT2D eigenvalue weighted by molar-refractivity contribution is -0.116. The van der Waals surface area contributed by atoms with Crippen molar-refractivity contribution in [2.75, 3.05) is 31.8 Å². The molecule has 1 rings (SSSR count). The van der Waals surface area contributed by atoms with Gasteiger partial charge in [-0.3, -0.25) is 4.79 Å². The molecule has 0 saturated heterocycles. The number of aliphatic hydroxyl groups is 1. The molecule has 6 heteroatoms. The second-order valence-electron chi connectivity index (χ2n) is 4.20. The van der Waals surface area contributed by atoms with Gasteiger partial charge in [-0.25, -0.2) is 0 Å². The first kappa shape index (κ1) is 18.1. The summed E-state index contributed by atoms with van der Waals surface area (Å²) in [6.45, 7) is 0.839. The number of thioether (sulfide) groups is 1. The van der Waals surface area contributed by atoms with E-state index in [1.165, 1.54) is 6.08 Å². The van der Waals surface area contributed by atoms with E-state index in [1.54, 1.807) is 24.9 Å². The molecule has 0 aliphatic rings. The van der Waals surface area contributed by atoms with E-state index in [2.05, 4.69) is 21.2 Å². The number of hydrogen-bond acceptors (Lipinski definition) is 4. The molecule has 1 amide bonds. The molecule has 0 atom stereocenters. The van der Waals surface area contributed by atoms with Crippen molar-refractivity contribution in [3.8, 4) is 5.75 Å². The number of carbonyl (C=O) groups excluding carboxylic acids is 1. The number of aliphatic hydroxyl groups excluding tert-OH is 1. The Morgan fingerprint density at radius 3 is 3.00 bits per heavy atom. The molecule has 0 saturated carbocycles. The lowest BCUT2D eigenvalue weighted by Gasteiger charge is -2.05. The fourth-order valence-corrected chi connectivity index (χ4v) is 2.74. The van der Waals surface area contributed by atoms with E-state index in [4.69, 9.17) is 9.84 Å². The lowest BCUT2D eigenvalue weighted by atomic mass is 10.2. The van der Waals surface area contributed by atoms with Crippen LogP contribution in [0.4, 0.5) is 0 Å². The summed E-state index contributed by atoms with van der Waals surface area (Å²) < 4.78 is 6.18. The molecule has 4 nitrogen and oxygen atoms in total. The Kier molecular flexibility index (Phi) is 9.21. The summed E-state index contributed by atoms with van der Waals surface area (Å²) in [6, 6.07) is 5.63. The number of amides is 1. The highest BCUT2D eigenvalue weighted by Crippen LogP contribution is 2.23. The maximum absolute atomic E-state index is 11.7. The molecule has 0 heterocycles. The van der Waals surface area contributed by atoms with Gasteiger partial charge < -0.3 is 15.2 Å². The largest absolute Gasteiger partial charge is 0.496 e. The minimum atomic E-state index is -0.125. The minimum Gasteiger partial charge on any atom is -0.496 e. The van der Waals surface area contributed by atoms with Crippen LogP contribution in [0.3, 0.4) is 0 Å². The number of carbonyl (C=O) groups is 1. The van der Waals surface area contributed by atoms with Crippen molar-refractivity contribution < 1.29 is 14.6 Å². The van der Waals surface area contributed by atoms with Crippen LogP contribution in [0.15, 0.2) is 28.7 Å². The predicted molar refractivity (Wildman–Crippen MR) is 91.8 cm³/mol. The van der Waals surface area contributed by atoms with Gasteiger partial charge in [0.05, 0.1) is 7.11 Å². The van der Waals surface area contributed by atoms with Crippen molar-refractivity contribution in [3.05, 3.63) is 34.3 Å². The van der Waals surface area contributed by atoms with Gasteiger partial charge in [-0.05, 0) is 36.4 Å². The maximum Gasteiger partial charge on any atom is 0.244 e. The van der Waals surface area contributed by atoms with Crippen LogP contribution in [-0.4, -0.2) is 42.8 Å². The number of rotatable bonds is 9. The summed E-state index contributed by atoms with van der Waals surface area (Å²) in [7, 11) is 1.60. The molecule has 0 radical (unpaired) electrons. The summed E-state index contributed by atoms with van der Waals surface area (Å²) in [5.41, 5.74) is 0.847. The Labute approximate surface area is 138 Å². The van der Waals surface area contributed by atoms with Crippen LogP contribution in [0, 0.1) is 0 Å². The molecule has 1 aromatic rings. The fourth-order valence-electron chi connectivity index (χ4n) is 1.57. The third-order valence-electron chi connectivity index (χ3n) is 2.60. The van der Waals surface area contributed by atoms with E-state index < -0.39 is 0 Å². The maximum atomic E-state index is 11.7. The van der Waals surface area contributed by atoms with Crippen molar-refractivity contribution in [1.82, 2.24) is 5.32 Å². The first-order valence-corrected chi connectivity index (χ1v) is 8.60. The zero-order valence-electron chi connectivity index (χ0n) is 12.0. The lowest BCUT2D eigenvalue weighted by Crippen LogP contribution is -2.23. The van der Waals surface area contributed by atoms with Crippen LogP contribution < -0.4 is 10.1 Å². The molecule has 2 N–H and O–H groups in total. The number of benzene rings is 1. The Morgan fingerprint density at radius 2 is 2.29 bits per heavy atom. The molecule has 0 aromatic heterocycles. The minimum absolute atomic E-state index is 0.125. The van der Waals surface area contributed by atoms with Crippen LogP contribution >= 0.6 is 27.7 Å². The molecule has 0 unspecified atom stereocenters. The molecule has 21 heavy (non-hydrogen) atoms. The average molecular weight is 374 g/mol. The van der Waals surface area contributed by atoms with E-state index in [-0.39, 0.29) is 12.5 Å². The summed E-state index contributed by atoms with van der Waals surface area (Å²) in [5.74, 6) is 2.36. The summed E-state index contributed by atoms with van der Waals surface area (Å²) in [4.78, 5) is 11.7. The fraction of sp³-hybridized carbons (Fsp3) is 0.400. The SMILES string of the molecule is COc1ccc(Br)cc1/C=C/C(=O)NCCSCCCO. The van der Waals surface area contributed by atoms with E-state index in [9.17, 15) is 4.79 Å². The number of hydrogen-bond donors (Lipinski definition) is 2. The summed E-state index contributed by atoms with van der Waals surface area (Å²) in [6.07, 6.45) is 4.03. The molecular weight excluding hydrogens is 354 g/mol. The van der Waals surface area contributed by atoms with Gasteiger partial charge in [0.1, 0.15) is 5.75 Å². The standard InChI is InChI=1S/C15H20BrNO3S/c1-20-14-5-4-13(16)11-12(14)3-6-15(19)17-7-10-21-9-2-8-18/h3-6,11,18H,2,7-10H2,1H3,(H,17,19)/b6-3+. The van der Waals surface area contributed by atoms with Crippen molar-refractivity contribution in [3.63, 3.8) is 0 Å². The Morgan fingerprint density at radius 1 is 1.48 bits per heavy atom. The first-order valence-electron chi connectivity index (χ1n) is 6.65. The van der Waals surface area contributed by atoms with E-state index in [1.807, 2.05) is 18.2 Å². The van der Waals surface area contributed by atoms with Gasteiger partial charge in [0, 0.05) is 35.0 Å². The number of methoxy groups -OCH3 is 1. The summed E-state index contributed by atoms with van der Waals surface area (Å²) >= 11 is 5.11. The molecule has 0 aliphatic carbocycles. The van der Waals surface area contributed by atoms with E-state index in [0.717, 1.165) is 33.7 Å². The number of halogens is 1. The van der Waals surface area contributed by atoms with Gasteiger partial charge in [0.15, 0.2) is 0 Å². The van der Waals surface area contributed by atoms with Crippen LogP contribution in [-0.2, 0) is 4.79 Å². The van der Waals surface area contributed by atoms with Crippen LogP contribution in [0.5, 0.6) is 5.75 Å². The zero-order chi connectivity index (χ0) is 15.5. The van der Waals surface area contributed by atoms with Gasteiger partial charge in [-0.15, -0.1) is 0 Å². The second-order valence-corrected chi connectivity index (χ2v) is 6.34. The third kappa shape index (κ3) is 7.55. The molecule has 1 aromatic carbocycles. The van der Waals surface area contributed by atoms with Gasteiger partial charge in [0.2, 0.25) is 5.91 Å². The van der Waals surface area contributed by atoms with Crippen LogP contribution in [0.25, 0.3) is 6.08 Å². The smallest absolute Gasteiger partial charge is 0.244 e. The highest BCUT2D eigenvalue weighted by Gasteiger charge is 2.01. The van der Waals surface area contributed by atoms with Gasteiger partial charge in [0.25, 0.3) is 0 Å². The number of nitrogens with one attached hydrogen (secondary N) is 1. The quantitative estimate of drug-likeness (QED) is 0.516. The first-order chi connectivity index (χ1) is 10.2. The highest BCUT2D eigenvalue weighted by molar-refractivity contribution is 9.10. The Bertz CT molecular complexity index is 480. The summed E-state index contributed by atoms with van der Waals surface area (Å²) in [5, 5.41) is 11.5. The monoisotopic (exact) mass is 373 g/mol. The average Bonchev–Trinajstić information content (AvgIpc) is 2.49. The third-order valence-corrected chi connectivity index (χ3v) is 4.16. The molecule has 0 spiro atoms. The molecule has 0 fully saturated rings. The normalized spacial score (nSPS) is 10.8. The molecule has 116 valence electrons. The molecular formula is C15H20BrNO3S. The second kappa shape index (κ2) is 10.7. The highest BCUT2D eigenvalue weighted by atomic mass is 79.9. The van der Waals surface area contributed by atoms with E-state index >= 15 is 0 Å². The van der Waals surface area contributed by atoms with Gasteiger partial charge in [-0.1, -0.05) is 15.9 Å². The van der Waals surface area contributed by atoms with Crippen LogP contribution in [0.1, 0.15) is 12.0 Å². The Hall–Kier alpha value is -0.980. The number of ether oxygens (including phenoxy) is 1. The van der Waals surface area contributed by atoms with E-state index in [0.29, 0.717) is 6.54 Å². The van der Waals surface area contributed by atoms with Crippen molar-refractivity contribution in [1.29, 1.82) is 0 Å². The predicted octanol–water partition coefficient (Wildman–Crippen LogP) is 2.70. The zero-order valence-corrected chi connectivity index (χ0v) is 14.4. The molecule has 0 aliphatic heterocycles. The van der Waals surface area contributed by atoms with Gasteiger partial charge >= 0.3 is 0 Å². The van der Waals surface area contributed by atoms with Crippen molar-refractivity contribution in [2.24, 2.45) is 0 Å². The Balaban J connectivity index is 2.38. The topological polar surface area (TPSA) is 58.6 Å². The van der Waals surface area contributed by atoms with Crippen molar-refractivity contribution >= 4 is 39.7 Å².